The Kier molecular flexibility index (Phi) is 3.46. The summed E-state index contributed by atoms with van der Waals surface area (Å²) in [5.74, 6) is 1.11. The van der Waals surface area contributed by atoms with Gasteiger partial charge in [0, 0.05) is 11.5 Å². The molecule has 0 fully saturated rings. The van der Waals surface area contributed by atoms with Gasteiger partial charge in [-0.1, -0.05) is 13.8 Å². The molecule has 2 rings (SSSR count). The number of H-pyrrole nitrogens is 1. The fraction of sp³-hybridized carbons (Fsp3) is 0.333. The molecule has 1 aromatic carbocycles. The van der Waals surface area contributed by atoms with E-state index < -0.39 is 6.36 Å². The molecule has 0 aliphatic carbocycles. The summed E-state index contributed by atoms with van der Waals surface area (Å²) in [6.45, 7) is 3.93. The zero-order valence-corrected chi connectivity index (χ0v) is 10.3. The number of hydrogen-bond acceptors (Lipinski definition) is 3. The van der Waals surface area contributed by atoms with E-state index in [1.807, 2.05) is 13.8 Å². The quantitative estimate of drug-likeness (QED) is 0.929. The van der Waals surface area contributed by atoms with Crippen molar-refractivity contribution in [1.29, 1.82) is 0 Å². The van der Waals surface area contributed by atoms with E-state index in [-0.39, 0.29) is 11.7 Å². The van der Waals surface area contributed by atoms with E-state index in [9.17, 15) is 13.2 Å². The number of benzene rings is 1. The van der Waals surface area contributed by atoms with Crippen LogP contribution in [0.2, 0.25) is 0 Å². The van der Waals surface area contributed by atoms with Crippen LogP contribution >= 0.6 is 0 Å². The van der Waals surface area contributed by atoms with Crippen molar-refractivity contribution in [2.75, 3.05) is 0 Å². The number of nitrogens with zero attached hydrogens (tertiary/aromatic N) is 2. The molecule has 0 spiro atoms. The predicted molar refractivity (Wildman–Crippen MR) is 62.6 cm³/mol. The minimum atomic E-state index is -4.68. The summed E-state index contributed by atoms with van der Waals surface area (Å²) in [5, 5.41) is 6.80. The number of ether oxygens (including phenoxy) is 1. The largest absolute Gasteiger partial charge is 0.573 e. The monoisotopic (exact) mass is 271 g/mol. The highest BCUT2D eigenvalue weighted by atomic mass is 19.4. The molecule has 0 unspecified atom stereocenters. The molecule has 1 N–H and O–H groups in total. The third-order valence-electron chi connectivity index (χ3n) is 2.40. The normalized spacial score (nSPS) is 11.9. The first-order valence-corrected chi connectivity index (χ1v) is 5.63. The number of nitrogens with one attached hydrogen (secondary N) is 1. The number of rotatable bonds is 3. The lowest BCUT2D eigenvalue weighted by molar-refractivity contribution is -0.274. The Balaban J connectivity index is 2.17. The van der Waals surface area contributed by atoms with Gasteiger partial charge in [0.25, 0.3) is 0 Å². The molecule has 2 aromatic rings. The van der Waals surface area contributed by atoms with Crippen LogP contribution in [0.3, 0.4) is 0 Å². The molecule has 1 aromatic heterocycles. The lowest BCUT2D eigenvalue weighted by Gasteiger charge is -2.08. The Hall–Kier alpha value is -2.05. The average Bonchev–Trinajstić information content (AvgIpc) is 2.77. The third kappa shape index (κ3) is 3.46. The van der Waals surface area contributed by atoms with Crippen molar-refractivity contribution in [1.82, 2.24) is 15.2 Å². The first-order chi connectivity index (χ1) is 8.85. The minimum Gasteiger partial charge on any atom is -0.406 e. The topological polar surface area (TPSA) is 50.8 Å². The molecule has 19 heavy (non-hydrogen) atoms. The van der Waals surface area contributed by atoms with Crippen LogP contribution in [0.1, 0.15) is 25.6 Å². The Bertz CT molecular complexity index is 546. The highest BCUT2D eigenvalue weighted by Crippen LogP contribution is 2.25. The smallest absolute Gasteiger partial charge is 0.406 e. The lowest BCUT2D eigenvalue weighted by atomic mass is 10.2. The molecule has 0 atom stereocenters. The summed E-state index contributed by atoms with van der Waals surface area (Å²) in [6, 6.07) is 5.42. The van der Waals surface area contributed by atoms with Gasteiger partial charge >= 0.3 is 6.36 Å². The Morgan fingerprint density at radius 2 is 1.79 bits per heavy atom. The van der Waals surface area contributed by atoms with Crippen LogP contribution in [0.4, 0.5) is 13.2 Å². The van der Waals surface area contributed by atoms with Crippen LogP contribution in [0.15, 0.2) is 24.3 Å². The van der Waals surface area contributed by atoms with Crippen molar-refractivity contribution in [3.63, 3.8) is 0 Å². The van der Waals surface area contributed by atoms with Crippen molar-refractivity contribution in [3.05, 3.63) is 30.1 Å². The van der Waals surface area contributed by atoms with E-state index >= 15 is 0 Å². The average molecular weight is 271 g/mol. The van der Waals surface area contributed by atoms with Gasteiger partial charge in [-0.15, -0.1) is 13.2 Å². The van der Waals surface area contributed by atoms with Gasteiger partial charge in [0.05, 0.1) is 0 Å². The Morgan fingerprint density at radius 1 is 1.16 bits per heavy atom. The summed E-state index contributed by atoms with van der Waals surface area (Å²) in [5.41, 5.74) is 0.623. The molecule has 0 amide bonds. The van der Waals surface area contributed by atoms with Crippen molar-refractivity contribution in [2.24, 2.45) is 0 Å². The zero-order valence-electron chi connectivity index (χ0n) is 10.3. The maximum Gasteiger partial charge on any atom is 0.573 e. The van der Waals surface area contributed by atoms with Crippen molar-refractivity contribution >= 4 is 0 Å². The predicted octanol–water partition coefficient (Wildman–Crippen LogP) is 3.49. The number of alkyl halides is 3. The molecular formula is C12H12F3N3O. The van der Waals surface area contributed by atoms with Gasteiger partial charge in [0.1, 0.15) is 11.6 Å². The van der Waals surface area contributed by atoms with Crippen molar-refractivity contribution in [2.45, 2.75) is 26.1 Å². The summed E-state index contributed by atoms with van der Waals surface area (Å²) < 4.78 is 39.8. The van der Waals surface area contributed by atoms with Crippen molar-refractivity contribution in [3.8, 4) is 17.1 Å². The summed E-state index contributed by atoms with van der Waals surface area (Å²) in [6.07, 6.45) is -4.68. The highest BCUT2D eigenvalue weighted by Gasteiger charge is 2.31. The molecule has 0 saturated heterocycles. The maximum atomic E-state index is 12.0. The van der Waals surface area contributed by atoms with Crippen LogP contribution in [-0.2, 0) is 0 Å². The Labute approximate surface area is 107 Å². The highest BCUT2D eigenvalue weighted by molar-refractivity contribution is 5.55. The molecule has 7 heteroatoms. The molecule has 0 radical (unpaired) electrons. The molecule has 0 aliphatic heterocycles. The zero-order chi connectivity index (χ0) is 14.0. The van der Waals surface area contributed by atoms with Crippen molar-refractivity contribution < 1.29 is 17.9 Å². The second kappa shape index (κ2) is 4.91. The second-order valence-electron chi connectivity index (χ2n) is 4.27. The van der Waals surface area contributed by atoms with E-state index in [1.165, 1.54) is 24.3 Å². The summed E-state index contributed by atoms with van der Waals surface area (Å²) in [4.78, 5) is 4.25. The fourth-order valence-corrected chi connectivity index (χ4v) is 1.47. The molecule has 4 nitrogen and oxygen atoms in total. The van der Waals surface area contributed by atoms with Crippen LogP contribution in [-0.4, -0.2) is 21.5 Å². The van der Waals surface area contributed by atoms with Gasteiger partial charge in [-0.3, -0.25) is 5.10 Å². The van der Waals surface area contributed by atoms with Gasteiger partial charge < -0.3 is 4.74 Å². The fourth-order valence-electron chi connectivity index (χ4n) is 1.47. The molecule has 102 valence electrons. The SMILES string of the molecule is CC(C)c1nc(-c2ccc(OC(F)(F)F)cc2)n[nH]1. The summed E-state index contributed by atoms with van der Waals surface area (Å²) in [7, 11) is 0. The molecule has 0 aliphatic rings. The van der Waals surface area contributed by atoms with Gasteiger partial charge in [-0.05, 0) is 24.3 Å². The number of hydrogen-bond donors (Lipinski definition) is 1. The number of aromatic amines is 1. The van der Waals surface area contributed by atoms with Gasteiger partial charge in [0.2, 0.25) is 0 Å². The van der Waals surface area contributed by atoms with E-state index in [0.717, 1.165) is 5.82 Å². The van der Waals surface area contributed by atoms with Gasteiger partial charge in [0.15, 0.2) is 5.82 Å². The van der Waals surface area contributed by atoms with Crippen LogP contribution in [0.25, 0.3) is 11.4 Å². The third-order valence-corrected chi connectivity index (χ3v) is 2.40. The molecular weight excluding hydrogens is 259 g/mol. The molecule has 0 bridgehead atoms. The first-order valence-electron chi connectivity index (χ1n) is 5.63. The van der Waals surface area contributed by atoms with Crippen LogP contribution in [0, 0.1) is 0 Å². The van der Waals surface area contributed by atoms with E-state index in [1.54, 1.807) is 0 Å². The minimum absolute atomic E-state index is 0.203. The summed E-state index contributed by atoms with van der Waals surface area (Å²) >= 11 is 0. The molecule has 0 saturated carbocycles. The first kappa shape index (κ1) is 13.4. The van der Waals surface area contributed by atoms with E-state index in [2.05, 4.69) is 19.9 Å². The van der Waals surface area contributed by atoms with Crippen LogP contribution < -0.4 is 4.74 Å². The lowest BCUT2D eigenvalue weighted by Crippen LogP contribution is -2.16. The molecule has 1 heterocycles. The number of aromatic nitrogens is 3. The van der Waals surface area contributed by atoms with Crippen LogP contribution in [0.5, 0.6) is 5.75 Å². The Morgan fingerprint density at radius 3 is 2.26 bits per heavy atom. The van der Waals surface area contributed by atoms with Gasteiger partial charge in [-0.2, -0.15) is 5.10 Å². The standard InChI is InChI=1S/C12H12F3N3O/c1-7(2)10-16-11(18-17-10)8-3-5-9(6-4-8)19-12(13,14)15/h3-7H,1-2H3,(H,16,17,18). The maximum absolute atomic E-state index is 12.0. The van der Waals surface area contributed by atoms with E-state index in [0.29, 0.717) is 11.4 Å². The van der Waals surface area contributed by atoms with Gasteiger partial charge in [-0.25, -0.2) is 4.98 Å². The van der Waals surface area contributed by atoms with E-state index in [4.69, 9.17) is 0 Å². The number of halogens is 3. The second-order valence-corrected chi connectivity index (χ2v) is 4.27.